The zero-order valence-electron chi connectivity index (χ0n) is 17.8. The molecule has 4 rings (SSSR count). The van der Waals surface area contributed by atoms with Crippen molar-refractivity contribution in [3.8, 4) is 22.3 Å². The number of carbonyl (C=O) groups is 1. The zero-order chi connectivity index (χ0) is 22.7. The molecule has 0 fully saturated rings. The molecule has 0 aromatic heterocycles. The van der Waals surface area contributed by atoms with E-state index in [0.717, 1.165) is 36.3 Å². The molecule has 4 heteroatoms. The van der Waals surface area contributed by atoms with Gasteiger partial charge in [-0.25, -0.2) is 8.78 Å². The van der Waals surface area contributed by atoms with Crippen LogP contribution in [0, 0.1) is 11.6 Å². The molecule has 0 spiro atoms. The fourth-order valence-corrected chi connectivity index (χ4v) is 4.26. The molecule has 32 heavy (non-hydrogen) atoms. The van der Waals surface area contributed by atoms with Gasteiger partial charge in [0.2, 0.25) is 0 Å². The Hall–Kier alpha value is -3.04. The smallest absolute Gasteiger partial charge is 0.151 e. The Labute approximate surface area is 191 Å². The van der Waals surface area contributed by atoms with Crippen molar-refractivity contribution in [2.45, 2.75) is 32.6 Å². The first-order valence-electron chi connectivity index (χ1n) is 10.8. The molecule has 0 bridgehead atoms. The van der Waals surface area contributed by atoms with Crippen LogP contribution in [0.5, 0.6) is 0 Å². The predicted molar refractivity (Wildman–Crippen MR) is 128 cm³/mol. The van der Waals surface area contributed by atoms with Crippen LogP contribution < -0.4 is 0 Å². The number of rotatable bonds is 7. The largest absolute Gasteiger partial charge is 0.298 e. The maximum absolute atomic E-state index is 15.0. The Morgan fingerprint density at radius 3 is 2.22 bits per heavy atom. The summed E-state index contributed by atoms with van der Waals surface area (Å²) in [5.74, 6) is -1.38. The molecular formula is C28H23ClF2O. The number of hydrogen-bond donors (Lipinski definition) is 0. The highest BCUT2D eigenvalue weighted by atomic mass is 35.5. The summed E-state index contributed by atoms with van der Waals surface area (Å²) in [5, 5.41) is 2.22. The van der Waals surface area contributed by atoms with Gasteiger partial charge in [-0.15, -0.1) is 0 Å². The highest BCUT2D eigenvalue weighted by Gasteiger charge is 2.17. The predicted octanol–water partition coefficient (Wildman–Crippen LogP) is 8.65. The number of aryl methyl sites for hydroxylation is 1. The number of unbranched alkanes of at least 4 members (excludes halogenated alkanes) is 2. The quantitative estimate of drug-likeness (QED) is 0.204. The molecule has 0 radical (unpaired) electrons. The number of carbonyl (C=O) groups excluding carboxylic acids is 1. The Morgan fingerprint density at radius 1 is 0.844 bits per heavy atom. The van der Waals surface area contributed by atoms with E-state index in [1.807, 2.05) is 18.2 Å². The van der Waals surface area contributed by atoms with Crippen LogP contribution in [0.3, 0.4) is 0 Å². The van der Waals surface area contributed by atoms with Gasteiger partial charge in [0.1, 0.15) is 11.6 Å². The first-order chi connectivity index (χ1) is 15.5. The van der Waals surface area contributed by atoms with E-state index in [9.17, 15) is 13.6 Å². The van der Waals surface area contributed by atoms with E-state index >= 15 is 0 Å². The zero-order valence-corrected chi connectivity index (χ0v) is 18.6. The lowest BCUT2D eigenvalue weighted by molar-refractivity contribution is 0.112. The van der Waals surface area contributed by atoms with Crippen LogP contribution >= 0.6 is 11.6 Å². The first-order valence-corrected chi connectivity index (χ1v) is 11.2. The number of aldehydes is 1. The molecule has 0 saturated carbocycles. The van der Waals surface area contributed by atoms with E-state index in [0.29, 0.717) is 27.3 Å². The molecule has 1 nitrogen and oxygen atoms in total. The molecule has 0 aliphatic carbocycles. The molecule has 162 valence electrons. The second-order valence-corrected chi connectivity index (χ2v) is 8.42. The molecule has 0 unspecified atom stereocenters. The maximum Gasteiger partial charge on any atom is 0.151 e. The van der Waals surface area contributed by atoms with Crippen molar-refractivity contribution < 1.29 is 13.6 Å². The maximum atomic E-state index is 15.0. The number of hydrogen-bond acceptors (Lipinski definition) is 1. The van der Waals surface area contributed by atoms with Gasteiger partial charge in [-0.05, 0) is 70.1 Å². The van der Waals surface area contributed by atoms with Gasteiger partial charge >= 0.3 is 0 Å². The van der Waals surface area contributed by atoms with Gasteiger partial charge in [0, 0.05) is 10.6 Å². The van der Waals surface area contributed by atoms with Gasteiger partial charge in [-0.3, -0.25) is 4.79 Å². The third kappa shape index (κ3) is 4.44. The molecule has 4 aromatic rings. The molecule has 0 atom stereocenters. The first kappa shape index (κ1) is 22.2. The van der Waals surface area contributed by atoms with Crippen LogP contribution in [-0.2, 0) is 6.42 Å². The average molecular weight is 449 g/mol. The average Bonchev–Trinajstić information content (AvgIpc) is 2.79. The molecule has 0 aliphatic rings. The van der Waals surface area contributed by atoms with Crippen molar-refractivity contribution >= 4 is 28.7 Å². The normalized spacial score (nSPS) is 11.1. The van der Waals surface area contributed by atoms with Crippen LogP contribution in [0.15, 0.2) is 66.7 Å². The van der Waals surface area contributed by atoms with Crippen molar-refractivity contribution in [2.75, 3.05) is 0 Å². The number of benzene rings is 4. The minimum absolute atomic E-state index is 0.115. The Kier molecular flexibility index (Phi) is 6.66. The Balaban J connectivity index is 1.76. The van der Waals surface area contributed by atoms with Crippen molar-refractivity contribution in [1.29, 1.82) is 0 Å². The number of fused-ring (bicyclic) bond motifs is 1. The summed E-state index contributed by atoms with van der Waals surface area (Å²) in [7, 11) is 0. The van der Waals surface area contributed by atoms with Gasteiger partial charge in [0.05, 0.1) is 5.56 Å². The fourth-order valence-electron chi connectivity index (χ4n) is 4.14. The van der Waals surface area contributed by atoms with E-state index in [4.69, 9.17) is 11.6 Å². The summed E-state index contributed by atoms with van der Waals surface area (Å²) < 4.78 is 29.9. The Morgan fingerprint density at radius 2 is 1.56 bits per heavy atom. The van der Waals surface area contributed by atoms with Gasteiger partial charge < -0.3 is 0 Å². The summed E-state index contributed by atoms with van der Waals surface area (Å²) in [5.41, 5.74) is 2.78. The highest BCUT2D eigenvalue weighted by molar-refractivity contribution is 6.30. The third-order valence-electron chi connectivity index (χ3n) is 5.80. The van der Waals surface area contributed by atoms with Crippen LogP contribution in [0.2, 0.25) is 5.02 Å². The molecule has 0 N–H and O–H groups in total. The summed E-state index contributed by atoms with van der Waals surface area (Å²) in [6, 6.07) is 18.6. The van der Waals surface area contributed by atoms with Crippen molar-refractivity contribution in [1.82, 2.24) is 0 Å². The molecule has 0 heterocycles. The fraction of sp³-hybridized carbons (Fsp3) is 0.179. The molecular weight excluding hydrogens is 426 g/mol. The molecule has 4 aromatic carbocycles. The summed E-state index contributed by atoms with van der Waals surface area (Å²) >= 11 is 5.89. The second kappa shape index (κ2) is 9.62. The molecule has 0 aliphatic heterocycles. The lowest BCUT2D eigenvalue weighted by atomic mass is 9.92. The van der Waals surface area contributed by atoms with Gasteiger partial charge in [0.15, 0.2) is 6.29 Å². The summed E-state index contributed by atoms with van der Waals surface area (Å²) in [6.07, 6.45) is 5.22. The van der Waals surface area contributed by atoms with Crippen molar-refractivity contribution in [3.05, 3.63) is 94.5 Å². The van der Waals surface area contributed by atoms with E-state index in [2.05, 4.69) is 13.0 Å². The molecule has 0 saturated heterocycles. The number of halogens is 3. The Bertz CT molecular complexity index is 1260. The van der Waals surface area contributed by atoms with E-state index < -0.39 is 11.6 Å². The van der Waals surface area contributed by atoms with E-state index in [1.165, 1.54) is 24.1 Å². The highest BCUT2D eigenvalue weighted by Crippen LogP contribution is 2.35. The third-order valence-corrected chi connectivity index (χ3v) is 6.05. The SMILES string of the molecule is CCCCCc1ccc2c(C=O)c(-c3cc(F)c(-c4ccc(Cl)cc4)c(F)c3)ccc2c1. The summed E-state index contributed by atoms with van der Waals surface area (Å²) in [4.78, 5) is 12.0. The minimum atomic E-state index is -0.689. The van der Waals surface area contributed by atoms with E-state index in [-0.39, 0.29) is 5.56 Å². The lowest BCUT2D eigenvalue weighted by Gasteiger charge is -2.13. The second-order valence-electron chi connectivity index (χ2n) is 7.98. The van der Waals surface area contributed by atoms with Crippen LogP contribution in [-0.4, -0.2) is 6.29 Å². The topological polar surface area (TPSA) is 17.1 Å². The van der Waals surface area contributed by atoms with Crippen molar-refractivity contribution in [3.63, 3.8) is 0 Å². The van der Waals surface area contributed by atoms with Crippen LogP contribution in [0.4, 0.5) is 8.78 Å². The molecule has 0 amide bonds. The van der Waals surface area contributed by atoms with Crippen LogP contribution in [0.1, 0.15) is 42.1 Å². The van der Waals surface area contributed by atoms with Gasteiger partial charge in [-0.2, -0.15) is 0 Å². The lowest BCUT2D eigenvalue weighted by Crippen LogP contribution is -1.96. The van der Waals surface area contributed by atoms with E-state index in [1.54, 1.807) is 30.3 Å². The monoisotopic (exact) mass is 448 g/mol. The minimum Gasteiger partial charge on any atom is -0.298 e. The van der Waals surface area contributed by atoms with Gasteiger partial charge in [-0.1, -0.05) is 73.8 Å². The van der Waals surface area contributed by atoms with Crippen LogP contribution in [0.25, 0.3) is 33.0 Å². The standard InChI is InChI=1S/C28H23ClF2O/c1-2-3-4-5-18-6-12-23-20(14-18)9-13-24(25(23)17-32)21-15-26(30)28(27(31)16-21)19-7-10-22(29)11-8-19/h6-17H,2-5H2,1H3. The van der Waals surface area contributed by atoms with Gasteiger partial charge in [0.25, 0.3) is 0 Å². The summed E-state index contributed by atoms with van der Waals surface area (Å²) in [6.45, 7) is 2.17. The van der Waals surface area contributed by atoms with Crippen molar-refractivity contribution in [2.24, 2.45) is 0 Å².